The smallest absolute Gasteiger partial charge is 0.261 e. The van der Waals surface area contributed by atoms with Gasteiger partial charge in [0.25, 0.3) is 5.91 Å². The quantitative estimate of drug-likeness (QED) is 0.765. The van der Waals surface area contributed by atoms with Crippen LogP contribution in [0.25, 0.3) is 0 Å². The molecule has 0 aliphatic rings. The molecule has 1 amide bonds. The molecule has 0 aliphatic heterocycles. The van der Waals surface area contributed by atoms with Crippen LogP contribution < -0.4 is 5.32 Å². The third-order valence-electron chi connectivity index (χ3n) is 2.51. The number of halogens is 1. The molecule has 4 heteroatoms. The molecule has 1 aromatic heterocycles. The molecule has 1 aromatic rings. The minimum absolute atomic E-state index is 0.0608. The Morgan fingerprint density at radius 1 is 1.56 bits per heavy atom. The van der Waals surface area contributed by atoms with Crippen LogP contribution in [0.15, 0.2) is 17.5 Å². The molecular weight excluding hydrogens is 286 g/mol. The molecule has 0 saturated carbocycles. The molecule has 1 heterocycles. The molecule has 1 unspecified atom stereocenters. The second-order valence-electron chi connectivity index (χ2n) is 3.82. The van der Waals surface area contributed by atoms with Crippen molar-refractivity contribution in [2.24, 2.45) is 5.92 Å². The van der Waals surface area contributed by atoms with E-state index in [9.17, 15) is 4.79 Å². The van der Waals surface area contributed by atoms with Gasteiger partial charge in [0.15, 0.2) is 0 Å². The second-order valence-corrected chi connectivity index (χ2v) is 5.56. The van der Waals surface area contributed by atoms with Gasteiger partial charge in [0.1, 0.15) is 0 Å². The molecule has 0 radical (unpaired) electrons. The standard InChI is InChI=1S/C12H18BrNOS/c1-2-4-10(6-7-13)9-14-12(15)11-5-3-8-16-11/h3,5,8,10H,2,4,6-7,9H2,1H3,(H,14,15). The van der Waals surface area contributed by atoms with Crippen molar-refractivity contribution in [1.82, 2.24) is 5.32 Å². The number of carbonyl (C=O) groups is 1. The summed E-state index contributed by atoms with van der Waals surface area (Å²) in [6, 6.07) is 3.76. The van der Waals surface area contributed by atoms with E-state index in [4.69, 9.17) is 0 Å². The number of rotatable bonds is 7. The van der Waals surface area contributed by atoms with Crippen LogP contribution in [-0.4, -0.2) is 17.8 Å². The third kappa shape index (κ3) is 4.66. The van der Waals surface area contributed by atoms with Crippen molar-refractivity contribution in [1.29, 1.82) is 0 Å². The highest BCUT2D eigenvalue weighted by atomic mass is 79.9. The first kappa shape index (κ1) is 13.7. The Hall–Kier alpha value is -0.350. The largest absolute Gasteiger partial charge is 0.351 e. The van der Waals surface area contributed by atoms with Gasteiger partial charge in [0.05, 0.1) is 4.88 Å². The molecule has 1 atom stereocenters. The third-order valence-corrected chi connectivity index (χ3v) is 3.84. The number of thiophene rings is 1. The lowest BCUT2D eigenvalue weighted by Gasteiger charge is -2.15. The fourth-order valence-corrected chi connectivity index (χ4v) is 2.93. The first-order chi connectivity index (χ1) is 7.77. The van der Waals surface area contributed by atoms with E-state index in [1.807, 2.05) is 17.5 Å². The number of carbonyl (C=O) groups excluding carboxylic acids is 1. The van der Waals surface area contributed by atoms with Gasteiger partial charge in [-0.15, -0.1) is 11.3 Å². The van der Waals surface area contributed by atoms with Crippen LogP contribution in [0.3, 0.4) is 0 Å². The van der Waals surface area contributed by atoms with E-state index in [1.54, 1.807) is 0 Å². The van der Waals surface area contributed by atoms with Gasteiger partial charge in [-0.25, -0.2) is 0 Å². The molecule has 0 saturated heterocycles. The lowest BCUT2D eigenvalue weighted by atomic mass is 10.0. The van der Waals surface area contributed by atoms with Crippen LogP contribution in [0, 0.1) is 5.92 Å². The van der Waals surface area contributed by atoms with E-state index in [1.165, 1.54) is 24.2 Å². The van der Waals surface area contributed by atoms with Crippen molar-refractivity contribution in [2.45, 2.75) is 26.2 Å². The van der Waals surface area contributed by atoms with Crippen LogP contribution in [0.2, 0.25) is 0 Å². The van der Waals surface area contributed by atoms with Gasteiger partial charge in [0, 0.05) is 11.9 Å². The molecule has 90 valence electrons. The van der Waals surface area contributed by atoms with Crippen molar-refractivity contribution in [3.63, 3.8) is 0 Å². The molecule has 16 heavy (non-hydrogen) atoms. The Morgan fingerprint density at radius 3 is 2.94 bits per heavy atom. The maximum Gasteiger partial charge on any atom is 0.261 e. The summed E-state index contributed by atoms with van der Waals surface area (Å²) in [7, 11) is 0. The van der Waals surface area contributed by atoms with Crippen LogP contribution in [0.1, 0.15) is 35.9 Å². The van der Waals surface area contributed by atoms with Gasteiger partial charge in [-0.1, -0.05) is 35.3 Å². The summed E-state index contributed by atoms with van der Waals surface area (Å²) in [6.07, 6.45) is 3.47. The molecule has 1 rings (SSSR count). The van der Waals surface area contributed by atoms with E-state index < -0.39 is 0 Å². The normalized spacial score (nSPS) is 12.4. The zero-order chi connectivity index (χ0) is 11.8. The zero-order valence-corrected chi connectivity index (χ0v) is 11.9. The fourth-order valence-electron chi connectivity index (χ4n) is 1.64. The highest BCUT2D eigenvalue weighted by molar-refractivity contribution is 9.09. The van der Waals surface area contributed by atoms with Crippen molar-refractivity contribution in [3.8, 4) is 0 Å². The van der Waals surface area contributed by atoms with Crippen molar-refractivity contribution < 1.29 is 4.79 Å². The van der Waals surface area contributed by atoms with Crippen molar-refractivity contribution >= 4 is 33.2 Å². The first-order valence-electron chi connectivity index (χ1n) is 5.65. The zero-order valence-electron chi connectivity index (χ0n) is 9.54. The minimum Gasteiger partial charge on any atom is -0.351 e. The average Bonchev–Trinajstić information content (AvgIpc) is 2.79. The van der Waals surface area contributed by atoms with Crippen LogP contribution in [0.4, 0.5) is 0 Å². The molecular formula is C12H18BrNOS. The fraction of sp³-hybridized carbons (Fsp3) is 0.583. The molecule has 0 spiro atoms. The second kappa shape index (κ2) is 7.85. The van der Waals surface area contributed by atoms with Gasteiger partial charge in [-0.2, -0.15) is 0 Å². The van der Waals surface area contributed by atoms with Gasteiger partial charge in [-0.05, 0) is 30.2 Å². The lowest BCUT2D eigenvalue weighted by Crippen LogP contribution is -2.28. The molecule has 0 fully saturated rings. The average molecular weight is 304 g/mol. The SMILES string of the molecule is CCCC(CCBr)CNC(=O)c1cccs1. The minimum atomic E-state index is 0.0608. The Labute approximate surface area is 110 Å². The Kier molecular flexibility index (Phi) is 6.73. The predicted octanol–water partition coefficient (Wildman–Crippen LogP) is 3.68. The number of nitrogens with one attached hydrogen (secondary N) is 1. The van der Waals surface area contributed by atoms with E-state index >= 15 is 0 Å². The van der Waals surface area contributed by atoms with Gasteiger partial charge in [0.2, 0.25) is 0 Å². The Bertz CT molecular complexity index is 294. The summed E-state index contributed by atoms with van der Waals surface area (Å²) in [5, 5.41) is 5.94. The lowest BCUT2D eigenvalue weighted by molar-refractivity contribution is 0.0950. The highest BCUT2D eigenvalue weighted by Crippen LogP contribution is 2.13. The van der Waals surface area contributed by atoms with Crippen molar-refractivity contribution in [3.05, 3.63) is 22.4 Å². The molecule has 0 aliphatic carbocycles. The summed E-state index contributed by atoms with van der Waals surface area (Å²) < 4.78 is 0. The number of hydrogen-bond acceptors (Lipinski definition) is 2. The molecule has 0 aromatic carbocycles. The van der Waals surface area contributed by atoms with Crippen LogP contribution >= 0.6 is 27.3 Å². The van der Waals surface area contributed by atoms with E-state index in [0.717, 1.165) is 23.2 Å². The van der Waals surface area contributed by atoms with E-state index in [0.29, 0.717) is 5.92 Å². The van der Waals surface area contributed by atoms with Gasteiger partial charge in [-0.3, -0.25) is 4.79 Å². The Morgan fingerprint density at radius 2 is 2.38 bits per heavy atom. The summed E-state index contributed by atoms with van der Waals surface area (Å²) in [5.41, 5.74) is 0. The number of hydrogen-bond donors (Lipinski definition) is 1. The molecule has 1 N–H and O–H groups in total. The first-order valence-corrected chi connectivity index (χ1v) is 7.65. The summed E-state index contributed by atoms with van der Waals surface area (Å²) in [5.74, 6) is 0.652. The predicted molar refractivity (Wildman–Crippen MR) is 73.5 cm³/mol. The van der Waals surface area contributed by atoms with Gasteiger partial charge >= 0.3 is 0 Å². The summed E-state index contributed by atoms with van der Waals surface area (Å²) in [4.78, 5) is 12.5. The van der Waals surface area contributed by atoms with Crippen molar-refractivity contribution in [2.75, 3.05) is 11.9 Å². The van der Waals surface area contributed by atoms with Crippen LogP contribution in [-0.2, 0) is 0 Å². The topological polar surface area (TPSA) is 29.1 Å². The summed E-state index contributed by atoms with van der Waals surface area (Å²) >= 11 is 4.94. The monoisotopic (exact) mass is 303 g/mol. The molecule has 2 nitrogen and oxygen atoms in total. The molecule has 0 bridgehead atoms. The highest BCUT2D eigenvalue weighted by Gasteiger charge is 2.10. The number of alkyl halides is 1. The van der Waals surface area contributed by atoms with Gasteiger partial charge < -0.3 is 5.32 Å². The van der Waals surface area contributed by atoms with Crippen LogP contribution in [0.5, 0.6) is 0 Å². The van der Waals surface area contributed by atoms with E-state index in [-0.39, 0.29) is 5.91 Å². The number of amides is 1. The van der Waals surface area contributed by atoms with E-state index in [2.05, 4.69) is 28.2 Å². The maximum absolute atomic E-state index is 11.7. The maximum atomic E-state index is 11.7. The Balaban J connectivity index is 2.34. The summed E-state index contributed by atoms with van der Waals surface area (Å²) in [6.45, 7) is 2.97.